The molecule has 1 aliphatic rings. The molecule has 0 saturated carbocycles. The molecule has 0 atom stereocenters. The molecule has 1 aliphatic heterocycles. The van der Waals surface area contributed by atoms with Crippen LogP contribution in [0, 0.1) is 0 Å². The van der Waals surface area contributed by atoms with Gasteiger partial charge < -0.3 is 15.3 Å². The van der Waals surface area contributed by atoms with Crippen LogP contribution in [0.4, 0.5) is 18.9 Å². The number of nitrogens with one attached hydrogen (secondary N) is 1. The smallest absolute Gasteiger partial charge is 0.475 e. The molecule has 0 radical (unpaired) electrons. The average Bonchev–Trinajstić information content (AvgIpc) is 3.38. The van der Waals surface area contributed by atoms with Crippen LogP contribution >= 0.6 is 11.3 Å². The van der Waals surface area contributed by atoms with Crippen molar-refractivity contribution in [1.29, 1.82) is 0 Å². The number of thiophene rings is 1. The fourth-order valence-corrected chi connectivity index (χ4v) is 4.28. The summed E-state index contributed by atoms with van der Waals surface area (Å²) in [7, 11) is 3.94. The highest BCUT2D eigenvalue weighted by Gasteiger charge is 2.38. The molecule has 2 heterocycles. The normalized spacial score (nSPS) is 12.4. The number of aliphatic imine (C=N–C) groups is 1. The summed E-state index contributed by atoms with van der Waals surface area (Å²) in [5.41, 5.74) is 4.35. The van der Waals surface area contributed by atoms with Crippen LogP contribution in [0.3, 0.4) is 0 Å². The zero-order chi connectivity index (χ0) is 24.2. The molecule has 33 heavy (non-hydrogen) atoms. The van der Waals surface area contributed by atoms with Gasteiger partial charge in [0.15, 0.2) is 0 Å². The Morgan fingerprint density at radius 2 is 1.88 bits per heavy atom. The second-order valence-corrected chi connectivity index (χ2v) is 8.70. The number of aliphatic carboxylic acids is 1. The van der Waals surface area contributed by atoms with Gasteiger partial charge in [-0.3, -0.25) is 9.79 Å². The molecule has 2 aromatic carbocycles. The van der Waals surface area contributed by atoms with Crippen molar-refractivity contribution in [2.75, 3.05) is 26.0 Å². The third-order valence-electron chi connectivity index (χ3n) is 4.77. The van der Waals surface area contributed by atoms with E-state index in [0.29, 0.717) is 13.0 Å². The molecule has 0 saturated heterocycles. The highest BCUT2D eigenvalue weighted by Crippen LogP contribution is 2.39. The Labute approximate surface area is 192 Å². The second kappa shape index (κ2) is 10.1. The van der Waals surface area contributed by atoms with Gasteiger partial charge in [0.2, 0.25) is 5.91 Å². The van der Waals surface area contributed by atoms with Crippen LogP contribution < -0.4 is 5.32 Å². The summed E-state index contributed by atoms with van der Waals surface area (Å²) in [4.78, 5) is 28.8. The number of alkyl halides is 3. The van der Waals surface area contributed by atoms with E-state index < -0.39 is 12.1 Å². The summed E-state index contributed by atoms with van der Waals surface area (Å²) >= 11 is 1.78. The minimum absolute atomic E-state index is 0.0378. The van der Waals surface area contributed by atoms with Gasteiger partial charge in [-0.25, -0.2) is 4.79 Å². The van der Waals surface area contributed by atoms with Crippen LogP contribution in [0.5, 0.6) is 0 Å². The van der Waals surface area contributed by atoms with E-state index in [1.54, 1.807) is 11.3 Å². The van der Waals surface area contributed by atoms with Crippen LogP contribution in [0.2, 0.25) is 0 Å². The van der Waals surface area contributed by atoms with Gasteiger partial charge in [0.05, 0.1) is 6.54 Å². The Bertz CT molecular complexity index is 1170. The van der Waals surface area contributed by atoms with Crippen molar-refractivity contribution in [1.82, 2.24) is 4.90 Å². The number of carboxylic acids is 1. The van der Waals surface area contributed by atoms with Gasteiger partial charge in [-0.1, -0.05) is 18.2 Å². The van der Waals surface area contributed by atoms with E-state index in [-0.39, 0.29) is 5.91 Å². The summed E-state index contributed by atoms with van der Waals surface area (Å²) in [5, 5.41) is 11.4. The van der Waals surface area contributed by atoms with Gasteiger partial charge in [0.1, 0.15) is 0 Å². The van der Waals surface area contributed by atoms with Crippen LogP contribution in [-0.2, 0) is 16.1 Å². The molecule has 1 amide bonds. The number of amides is 1. The summed E-state index contributed by atoms with van der Waals surface area (Å²) in [6.07, 6.45) is -2.70. The van der Waals surface area contributed by atoms with Gasteiger partial charge in [0.25, 0.3) is 0 Å². The fourth-order valence-electron chi connectivity index (χ4n) is 3.18. The van der Waals surface area contributed by atoms with Gasteiger partial charge in [0, 0.05) is 40.0 Å². The monoisotopic (exact) mass is 477 g/mol. The molecule has 0 bridgehead atoms. The van der Waals surface area contributed by atoms with E-state index in [1.165, 1.54) is 26.1 Å². The van der Waals surface area contributed by atoms with Crippen molar-refractivity contribution in [2.24, 2.45) is 4.99 Å². The molecule has 0 aliphatic carbocycles. The quantitative estimate of drug-likeness (QED) is 0.540. The predicted octanol–water partition coefficient (Wildman–Crippen LogP) is 5.02. The maximum absolute atomic E-state index is 12.2. The van der Waals surface area contributed by atoms with Gasteiger partial charge in [-0.15, -0.1) is 11.3 Å². The van der Waals surface area contributed by atoms with Gasteiger partial charge in [-0.2, -0.15) is 13.2 Å². The molecule has 6 nitrogen and oxygen atoms in total. The van der Waals surface area contributed by atoms with Crippen molar-refractivity contribution < 1.29 is 27.9 Å². The summed E-state index contributed by atoms with van der Waals surface area (Å²) < 4.78 is 33.0. The van der Waals surface area contributed by atoms with E-state index in [9.17, 15) is 18.0 Å². The number of hydrogen-bond donors (Lipinski definition) is 2. The summed E-state index contributed by atoms with van der Waals surface area (Å²) in [5.74, 6) is -2.72. The number of anilines is 1. The fraction of sp³-hybridized carbons (Fsp3) is 0.261. The van der Waals surface area contributed by atoms with Gasteiger partial charge in [-0.05, 0) is 54.9 Å². The summed E-state index contributed by atoms with van der Waals surface area (Å²) in [6.45, 7) is 1.44. The first kappa shape index (κ1) is 24.4. The molecule has 0 fully saturated rings. The highest BCUT2D eigenvalue weighted by molar-refractivity contribution is 7.22. The van der Waals surface area contributed by atoms with Crippen LogP contribution in [0.25, 0.3) is 20.5 Å². The molecular formula is C23H22F3N3O3S. The third-order valence-corrected chi connectivity index (χ3v) is 5.92. The van der Waals surface area contributed by atoms with E-state index in [0.717, 1.165) is 17.8 Å². The Kier molecular flexibility index (Phi) is 7.50. The van der Waals surface area contributed by atoms with Crippen molar-refractivity contribution in [3.63, 3.8) is 0 Å². The van der Waals surface area contributed by atoms with Gasteiger partial charge >= 0.3 is 12.1 Å². The molecule has 2 N–H and O–H groups in total. The lowest BCUT2D eigenvalue weighted by Gasteiger charge is -2.13. The standard InChI is InChI=1S/C21H21N3OS.C2HF3O2/c1-24(2)8-7-21(25)23-16-9-15-12-22-13-18(15)17(11-16)20-10-14-5-3-4-6-19(14)26-20;3-2(4,5)1(6)7/h3-6,9-12H,7-8,13H2,1-2H3,(H,23,25);(H,6,7). The molecule has 0 spiro atoms. The zero-order valence-corrected chi connectivity index (χ0v) is 18.8. The van der Waals surface area contributed by atoms with Crippen molar-refractivity contribution >= 4 is 45.2 Å². The SMILES string of the molecule is CN(C)CCC(=O)Nc1cc2c(c(-c3cc4ccccc4s3)c1)CN=C2.O=C(O)C(F)(F)F. The first-order valence-corrected chi connectivity index (χ1v) is 10.8. The lowest BCUT2D eigenvalue weighted by atomic mass is 10.0. The van der Waals surface area contributed by atoms with Crippen LogP contribution in [0.1, 0.15) is 17.5 Å². The van der Waals surface area contributed by atoms with E-state index in [2.05, 4.69) is 46.7 Å². The second-order valence-electron chi connectivity index (χ2n) is 7.61. The summed E-state index contributed by atoms with van der Waals surface area (Å²) in [6, 6.07) is 14.8. The van der Waals surface area contributed by atoms with Crippen molar-refractivity contribution in [2.45, 2.75) is 19.1 Å². The molecule has 10 heteroatoms. The number of halogens is 3. The molecule has 174 valence electrons. The van der Waals surface area contributed by atoms with E-state index in [1.807, 2.05) is 31.3 Å². The number of rotatable bonds is 5. The Hall–Kier alpha value is -3.24. The third kappa shape index (κ3) is 6.39. The number of carbonyl (C=O) groups is 2. The van der Waals surface area contributed by atoms with Crippen LogP contribution in [0.15, 0.2) is 47.5 Å². The Balaban J connectivity index is 0.000000383. The molecule has 0 unspecified atom stereocenters. The highest BCUT2D eigenvalue weighted by atomic mass is 32.1. The minimum Gasteiger partial charge on any atom is -0.475 e. The Morgan fingerprint density at radius 1 is 1.18 bits per heavy atom. The molecule has 3 aromatic rings. The maximum atomic E-state index is 12.2. The number of fused-ring (bicyclic) bond motifs is 2. The zero-order valence-electron chi connectivity index (χ0n) is 17.9. The first-order valence-electron chi connectivity index (χ1n) is 9.95. The van der Waals surface area contributed by atoms with Crippen LogP contribution in [-0.4, -0.2) is 54.9 Å². The van der Waals surface area contributed by atoms with E-state index in [4.69, 9.17) is 9.90 Å². The predicted molar refractivity (Wildman–Crippen MR) is 124 cm³/mol. The average molecular weight is 478 g/mol. The van der Waals surface area contributed by atoms with Crippen molar-refractivity contribution in [3.05, 3.63) is 53.6 Å². The Morgan fingerprint density at radius 3 is 2.52 bits per heavy atom. The van der Waals surface area contributed by atoms with E-state index >= 15 is 0 Å². The lowest BCUT2D eigenvalue weighted by Crippen LogP contribution is -2.21. The number of nitrogens with zero attached hydrogens (tertiary/aromatic N) is 2. The number of carbonyl (C=O) groups excluding carboxylic acids is 1. The number of benzene rings is 2. The first-order chi connectivity index (χ1) is 15.5. The largest absolute Gasteiger partial charge is 0.490 e. The number of hydrogen-bond acceptors (Lipinski definition) is 5. The topological polar surface area (TPSA) is 82.0 Å². The molecule has 4 rings (SSSR count). The molecule has 1 aromatic heterocycles. The lowest BCUT2D eigenvalue weighted by molar-refractivity contribution is -0.192. The minimum atomic E-state index is -5.08. The molecular weight excluding hydrogens is 455 g/mol. The van der Waals surface area contributed by atoms with Crippen molar-refractivity contribution in [3.8, 4) is 10.4 Å². The number of carboxylic acid groups (broad SMARTS) is 1. The maximum Gasteiger partial charge on any atom is 0.490 e.